The maximum atomic E-state index is 11.8. The Balaban J connectivity index is 2.18. The van der Waals surface area contributed by atoms with Gasteiger partial charge in [0.25, 0.3) is 11.6 Å². The summed E-state index contributed by atoms with van der Waals surface area (Å²) in [4.78, 5) is 21.8. The topological polar surface area (TPSA) is 98.0 Å². The smallest absolute Gasteiger partial charge is 0.288 e. The van der Waals surface area contributed by atoms with E-state index in [1.165, 1.54) is 30.3 Å². The molecular formula is C11H6Cl2N4O3. The lowest BCUT2D eigenvalue weighted by molar-refractivity contribution is -0.384. The fourth-order valence-electron chi connectivity index (χ4n) is 1.36. The number of aromatic nitrogens is 2. The van der Waals surface area contributed by atoms with Gasteiger partial charge in [-0.1, -0.05) is 23.2 Å². The summed E-state index contributed by atoms with van der Waals surface area (Å²) in [5.74, 6) is -0.529. The molecule has 1 amide bonds. The highest BCUT2D eigenvalue weighted by Crippen LogP contribution is 2.27. The Morgan fingerprint density at radius 3 is 2.50 bits per heavy atom. The molecule has 1 N–H and O–H groups in total. The van der Waals surface area contributed by atoms with Gasteiger partial charge in [-0.2, -0.15) is 0 Å². The number of halogens is 2. The fraction of sp³-hybridized carbons (Fsp3) is 0. The molecule has 9 heteroatoms. The SMILES string of the molecule is O=C(Nc1ccc([N+](=O)[O-])c(Cl)c1)c1ccc(Cl)nn1. The van der Waals surface area contributed by atoms with Gasteiger partial charge in [0.15, 0.2) is 10.8 Å². The van der Waals surface area contributed by atoms with Gasteiger partial charge < -0.3 is 5.32 Å². The Bertz CT molecular complexity index is 676. The summed E-state index contributed by atoms with van der Waals surface area (Å²) in [6.07, 6.45) is 0. The number of carbonyl (C=O) groups is 1. The second-order valence-electron chi connectivity index (χ2n) is 3.62. The molecule has 0 unspecified atom stereocenters. The average molecular weight is 313 g/mol. The van der Waals surface area contributed by atoms with Gasteiger partial charge >= 0.3 is 0 Å². The number of hydrogen-bond acceptors (Lipinski definition) is 5. The number of benzene rings is 1. The van der Waals surface area contributed by atoms with Crippen LogP contribution in [0.25, 0.3) is 0 Å². The van der Waals surface area contributed by atoms with E-state index >= 15 is 0 Å². The second kappa shape index (κ2) is 5.81. The van der Waals surface area contributed by atoms with Crippen LogP contribution in [0.4, 0.5) is 11.4 Å². The van der Waals surface area contributed by atoms with Gasteiger partial charge in [0.05, 0.1) is 4.92 Å². The van der Waals surface area contributed by atoms with Gasteiger partial charge in [-0.15, -0.1) is 10.2 Å². The quantitative estimate of drug-likeness (QED) is 0.694. The molecule has 0 aliphatic carbocycles. The third kappa shape index (κ3) is 3.19. The Morgan fingerprint density at radius 2 is 1.95 bits per heavy atom. The summed E-state index contributed by atoms with van der Waals surface area (Å²) in [6.45, 7) is 0. The van der Waals surface area contributed by atoms with Crippen molar-refractivity contribution >= 4 is 40.5 Å². The molecule has 20 heavy (non-hydrogen) atoms. The minimum absolute atomic E-state index is 0.0591. The number of carbonyl (C=O) groups excluding carboxylic acids is 1. The van der Waals surface area contributed by atoms with E-state index in [0.29, 0.717) is 5.69 Å². The predicted octanol–water partition coefficient (Wildman–Crippen LogP) is 2.94. The molecule has 0 saturated carbocycles. The number of anilines is 1. The Hall–Kier alpha value is -2.25. The van der Waals surface area contributed by atoms with Crippen molar-refractivity contribution in [2.24, 2.45) is 0 Å². The van der Waals surface area contributed by atoms with E-state index in [1.807, 2.05) is 0 Å². The third-order valence-corrected chi connectivity index (χ3v) is 2.77. The zero-order chi connectivity index (χ0) is 14.7. The number of nitrogens with zero attached hydrogens (tertiary/aromatic N) is 3. The summed E-state index contributed by atoms with van der Waals surface area (Å²) in [5.41, 5.74) is 0.127. The van der Waals surface area contributed by atoms with Gasteiger partial charge in [0, 0.05) is 11.8 Å². The van der Waals surface area contributed by atoms with Crippen molar-refractivity contribution in [2.75, 3.05) is 5.32 Å². The highest BCUT2D eigenvalue weighted by atomic mass is 35.5. The summed E-state index contributed by atoms with van der Waals surface area (Å²) in [7, 11) is 0. The number of nitro groups is 1. The van der Waals surface area contributed by atoms with Crippen molar-refractivity contribution in [3.05, 3.63) is 56.3 Å². The number of nitrogens with one attached hydrogen (secondary N) is 1. The van der Waals surface area contributed by atoms with Crippen LogP contribution < -0.4 is 5.32 Å². The first-order valence-corrected chi connectivity index (χ1v) is 5.97. The molecular weight excluding hydrogens is 307 g/mol. The highest BCUT2D eigenvalue weighted by Gasteiger charge is 2.14. The monoisotopic (exact) mass is 312 g/mol. The molecule has 1 aromatic heterocycles. The first kappa shape index (κ1) is 14.2. The predicted molar refractivity (Wildman–Crippen MR) is 73.1 cm³/mol. The van der Waals surface area contributed by atoms with Gasteiger partial charge in [-0.25, -0.2) is 0 Å². The highest BCUT2D eigenvalue weighted by molar-refractivity contribution is 6.33. The zero-order valence-electron chi connectivity index (χ0n) is 9.71. The maximum absolute atomic E-state index is 11.8. The molecule has 1 aromatic carbocycles. The second-order valence-corrected chi connectivity index (χ2v) is 4.41. The molecule has 0 aliphatic heterocycles. The van der Waals surface area contributed by atoms with Crippen molar-refractivity contribution in [1.29, 1.82) is 0 Å². The summed E-state index contributed by atoms with van der Waals surface area (Å²) in [6, 6.07) is 6.67. The molecule has 7 nitrogen and oxygen atoms in total. The third-order valence-electron chi connectivity index (χ3n) is 2.27. The number of nitro benzene ring substituents is 1. The lowest BCUT2D eigenvalue weighted by Gasteiger charge is -2.04. The van der Waals surface area contributed by atoms with Crippen molar-refractivity contribution in [3.8, 4) is 0 Å². The normalized spacial score (nSPS) is 10.1. The molecule has 0 spiro atoms. The largest absolute Gasteiger partial charge is 0.321 e. The van der Waals surface area contributed by atoms with Crippen molar-refractivity contribution in [3.63, 3.8) is 0 Å². The molecule has 102 valence electrons. The standard InChI is InChI=1S/C11H6Cl2N4O3/c12-7-5-6(1-3-9(7)17(19)20)14-11(18)8-2-4-10(13)16-15-8/h1-5H,(H,14,18). The molecule has 0 aliphatic rings. The maximum Gasteiger partial charge on any atom is 0.288 e. The molecule has 0 radical (unpaired) electrons. The van der Waals surface area contributed by atoms with Gasteiger partial charge in [-0.3, -0.25) is 14.9 Å². The first-order valence-electron chi connectivity index (χ1n) is 5.22. The van der Waals surface area contributed by atoms with E-state index in [0.717, 1.165) is 0 Å². The van der Waals surface area contributed by atoms with Crippen LogP contribution in [0, 0.1) is 10.1 Å². The van der Waals surface area contributed by atoms with Crippen LogP contribution in [0.2, 0.25) is 10.2 Å². The van der Waals surface area contributed by atoms with Crippen LogP contribution in [-0.4, -0.2) is 21.0 Å². The van der Waals surface area contributed by atoms with Crippen molar-refractivity contribution in [1.82, 2.24) is 10.2 Å². The fourth-order valence-corrected chi connectivity index (χ4v) is 1.72. The number of amides is 1. The van der Waals surface area contributed by atoms with Crippen LogP contribution >= 0.6 is 23.2 Å². The van der Waals surface area contributed by atoms with Gasteiger partial charge in [0.1, 0.15) is 5.02 Å². The summed E-state index contributed by atoms with van der Waals surface area (Å²) < 4.78 is 0. The molecule has 0 bridgehead atoms. The van der Waals surface area contributed by atoms with Gasteiger partial charge in [-0.05, 0) is 24.3 Å². The van der Waals surface area contributed by atoms with E-state index in [4.69, 9.17) is 23.2 Å². The van der Waals surface area contributed by atoms with E-state index in [9.17, 15) is 14.9 Å². The summed E-state index contributed by atoms with van der Waals surface area (Å²) in [5, 5.41) is 20.3. The van der Waals surface area contributed by atoms with E-state index in [-0.39, 0.29) is 21.6 Å². The van der Waals surface area contributed by atoms with Crippen LogP contribution in [0.3, 0.4) is 0 Å². The van der Waals surface area contributed by atoms with Crippen LogP contribution in [-0.2, 0) is 0 Å². The zero-order valence-corrected chi connectivity index (χ0v) is 11.2. The Kier molecular flexibility index (Phi) is 4.11. The number of rotatable bonds is 3. The molecule has 0 atom stereocenters. The molecule has 0 saturated heterocycles. The van der Waals surface area contributed by atoms with Crippen LogP contribution in [0.15, 0.2) is 30.3 Å². The number of hydrogen-bond donors (Lipinski definition) is 1. The summed E-state index contributed by atoms with van der Waals surface area (Å²) >= 11 is 11.3. The van der Waals surface area contributed by atoms with E-state index in [2.05, 4.69) is 15.5 Å². The average Bonchev–Trinajstić information content (AvgIpc) is 2.39. The van der Waals surface area contributed by atoms with Crippen LogP contribution in [0.1, 0.15) is 10.5 Å². The van der Waals surface area contributed by atoms with E-state index < -0.39 is 10.8 Å². The molecule has 2 aromatic rings. The minimum atomic E-state index is -0.612. The van der Waals surface area contributed by atoms with Crippen molar-refractivity contribution < 1.29 is 9.72 Å². The van der Waals surface area contributed by atoms with Gasteiger partial charge in [0.2, 0.25) is 0 Å². The van der Waals surface area contributed by atoms with Crippen molar-refractivity contribution in [2.45, 2.75) is 0 Å². The van der Waals surface area contributed by atoms with E-state index in [1.54, 1.807) is 0 Å². The van der Waals surface area contributed by atoms with Crippen LogP contribution in [0.5, 0.6) is 0 Å². The first-order chi connectivity index (χ1) is 9.47. The molecule has 0 fully saturated rings. The Morgan fingerprint density at radius 1 is 1.20 bits per heavy atom. The lowest BCUT2D eigenvalue weighted by atomic mass is 10.2. The minimum Gasteiger partial charge on any atom is -0.321 e. The molecule has 2 rings (SSSR count). The Labute approximate surface area is 122 Å². The molecule has 1 heterocycles. The lowest BCUT2D eigenvalue weighted by Crippen LogP contribution is -2.14.